The Labute approximate surface area is 140 Å². The lowest BCUT2D eigenvalue weighted by Gasteiger charge is -2.26. The molecule has 0 unspecified atom stereocenters. The van der Waals surface area contributed by atoms with Gasteiger partial charge in [-0.2, -0.15) is 14.5 Å². The number of nitrogens with zero attached hydrogens (tertiary/aromatic N) is 5. The van der Waals surface area contributed by atoms with Crippen molar-refractivity contribution in [2.45, 2.75) is 45.1 Å². The van der Waals surface area contributed by atoms with E-state index in [1.54, 1.807) is 4.68 Å². The molecule has 0 spiro atoms. The van der Waals surface area contributed by atoms with E-state index in [0.29, 0.717) is 26.2 Å². The largest absolute Gasteiger partial charge is 0.351 e. The lowest BCUT2D eigenvalue weighted by molar-refractivity contribution is -0.119. The SMILES string of the molecule is CCn1nccc1S(=O)(=O)N1CCn2nc(CNC(C)=O)cc2C1. The summed E-state index contributed by atoms with van der Waals surface area (Å²) in [6.07, 6.45) is 1.50. The number of aromatic nitrogens is 4. The summed E-state index contributed by atoms with van der Waals surface area (Å²) >= 11 is 0. The van der Waals surface area contributed by atoms with Gasteiger partial charge < -0.3 is 5.32 Å². The van der Waals surface area contributed by atoms with Gasteiger partial charge in [0.25, 0.3) is 10.0 Å². The lowest BCUT2D eigenvalue weighted by Crippen LogP contribution is -2.39. The molecule has 0 aromatic carbocycles. The van der Waals surface area contributed by atoms with Crippen LogP contribution in [-0.4, -0.2) is 44.7 Å². The van der Waals surface area contributed by atoms with Crippen LogP contribution in [0.3, 0.4) is 0 Å². The molecule has 0 bridgehead atoms. The number of fused-ring (bicyclic) bond motifs is 1. The van der Waals surface area contributed by atoms with Crippen LogP contribution in [0.1, 0.15) is 25.2 Å². The first kappa shape index (κ1) is 16.7. The topological polar surface area (TPSA) is 102 Å². The molecule has 0 aliphatic carbocycles. The van der Waals surface area contributed by atoms with Gasteiger partial charge in [0, 0.05) is 20.0 Å². The number of amides is 1. The van der Waals surface area contributed by atoms with E-state index in [-0.39, 0.29) is 17.5 Å². The Balaban J connectivity index is 1.80. The molecule has 0 saturated heterocycles. The van der Waals surface area contributed by atoms with E-state index in [1.807, 2.05) is 13.0 Å². The highest BCUT2D eigenvalue weighted by molar-refractivity contribution is 7.89. The molecule has 1 amide bonds. The van der Waals surface area contributed by atoms with E-state index in [4.69, 9.17) is 0 Å². The van der Waals surface area contributed by atoms with Crippen LogP contribution in [0.15, 0.2) is 23.4 Å². The number of hydrogen-bond acceptors (Lipinski definition) is 5. The summed E-state index contributed by atoms with van der Waals surface area (Å²) in [6, 6.07) is 3.35. The summed E-state index contributed by atoms with van der Waals surface area (Å²) in [7, 11) is -3.60. The zero-order valence-corrected chi connectivity index (χ0v) is 14.5. The molecule has 0 saturated carbocycles. The Morgan fingerprint density at radius 1 is 1.38 bits per heavy atom. The van der Waals surface area contributed by atoms with E-state index in [0.717, 1.165) is 11.4 Å². The van der Waals surface area contributed by atoms with Gasteiger partial charge >= 0.3 is 0 Å². The van der Waals surface area contributed by atoms with Gasteiger partial charge in [-0.3, -0.25) is 14.2 Å². The molecular formula is C14H20N6O3S. The van der Waals surface area contributed by atoms with Crippen molar-refractivity contribution in [1.82, 2.24) is 29.2 Å². The van der Waals surface area contributed by atoms with Crippen LogP contribution in [0.25, 0.3) is 0 Å². The van der Waals surface area contributed by atoms with E-state index in [2.05, 4.69) is 15.5 Å². The molecule has 2 aromatic heterocycles. The van der Waals surface area contributed by atoms with Gasteiger partial charge in [-0.05, 0) is 19.1 Å². The van der Waals surface area contributed by atoms with Gasteiger partial charge in [-0.1, -0.05) is 0 Å². The second kappa shape index (κ2) is 6.36. The Kier molecular flexibility index (Phi) is 4.41. The minimum absolute atomic E-state index is 0.127. The van der Waals surface area contributed by atoms with Crippen LogP contribution >= 0.6 is 0 Å². The fourth-order valence-electron chi connectivity index (χ4n) is 2.72. The highest BCUT2D eigenvalue weighted by Crippen LogP contribution is 2.22. The summed E-state index contributed by atoms with van der Waals surface area (Å²) in [4.78, 5) is 11.0. The van der Waals surface area contributed by atoms with Crippen molar-refractivity contribution in [2.75, 3.05) is 6.54 Å². The number of sulfonamides is 1. The summed E-state index contributed by atoms with van der Waals surface area (Å²) < 4.78 is 30.4. The van der Waals surface area contributed by atoms with Crippen molar-refractivity contribution in [3.8, 4) is 0 Å². The molecule has 3 heterocycles. The third kappa shape index (κ3) is 3.06. The monoisotopic (exact) mass is 352 g/mol. The fraction of sp³-hybridized carbons (Fsp3) is 0.500. The van der Waals surface area contributed by atoms with E-state index in [9.17, 15) is 13.2 Å². The van der Waals surface area contributed by atoms with Crippen LogP contribution in [0.4, 0.5) is 0 Å². The lowest BCUT2D eigenvalue weighted by atomic mass is 10.3. The first-order valence-electron chi connectivity index (χ1n) is 7.74. The molecule has 1 N–H and O–H groups in total. The first-order valence-corrected chi connectivity index (χ1v) is 9.18. The predicted molar refractivity (Wildman–Crippen MR) is 85.2 cm³/mol. The van der Waals surface area contributed by atoms with Gasteiger partial charge in [0.05, 0.1) is 37.2 Å². The maximum atomic E-state index is 12.8. The zero-order valence-electron chi connectivity index (χ0n) is 13.6. The molecule has 0 radical (unpaired) electrons. The number of hydrogen-bond donors (Lipinski definition) is 1. The molecule has 24 heavy (non-hydrogen) atoms. The molecule has 1 aliphatic rings. The van der Waals surface area contributed by atoms with Crippen molar-refractivity contribution in [3.05, 3.63) is 29.7 Å². The normalized spacial score (nSPS) is 15.2. The maximum absolute atomic E-state index is 12.8. The minimum Gasteiger partial charge on any atom is -0.351 e. The van der Waals surface area contributed by atoms with Crippen LogP contribution in [0.5, 0.6) is 0 Å². The number of carbonyl (C=O) groups is 1. The van der Waals surface area contributed by atoms with Crippen LogP contribution < -0.4 is 5.32 Å². The van der Waals surface area contributed by atoms with E-state index < -0.39 is 10.0 Å². The minimum atomic E-state index is -3.60. The summed E-state index contributed by atoms with van der Waals surface area (Å²) in [5.74, 6) is -0.127. The molecule has 10 heteroatoms. The quantitative estimate of drug-likeness (QED) is 0.812. The number of nitrogens with one attached hydrogen (secondary N) is 1. The Bertz CT molecular complexity index is 854. The van der Waals surface area contributed by atoms with E-state index in [1.165, 1.54) is 28.2 Å². The average Bonchev–Trinajstić information content (AvgIpc) is 3.18. The number of aryl methyl sites for hydroxylation is 1. The number of carbonyl (C=O) groups excluding carboxylic acids is 1. The Morgan fingerprint density at radius 3 is 2.88 bits per heavy atom. The van der Waals surface area contributed by atoms with Crippen molar-refractivity contribution in [3.63, 3.8) is 0 Å². The van der Waals surface area contributed by atoms with E-state index >= 15 is 0 Å². The van der Waals surface area contributed by atoms with Gasteiger partial charge in [-0.15, -0.1) is 0 Å². The Hall–Kier alpha value is -2.20. The molecule has 3 rings (SSSR count). The third-order valence-corrected chi connectivity index (χ3v) is 5.78. The van der Waals surface area contributed by atoms with Gasteiger partial charge in [0.1, 0.15) is 0 Å². The molecule has 0 atom stereocenters. The van der Waals surface area contributed by atoms with Crippen LogP contribution in [0.2, 0.25) is 0 Å². The van der Waals surface area contributed by atoms with Gasteiger partial charge in [0.15, 0.2) is 5.03 Å². The summed E-state index contributed by atoms with van der Waals surface area (Å²) in [6.45, 7) is 5.22. The standard InChI is InChI=1S/C14H20N6O3S/c1-3-19-14(4-5-16-19)24(22,23)18-6-7-20-13(10-18)8-12(17-20)9-15-11(2)21/h4-5,8H,3,6-7,9-10H2,1-2H3,(H,15,21). The highest BCUT2D eigenvalue weighted by atomic mass is 32.2. The highest BCUT2D eigenvalue weighted by Gasteiger charge is 2.31. The average molecular weight is 352 g/mol. The predicted octanol–water partition coefficient (Wildman–Crippen LogP) is -0.0599. The Morgan fingerprint density at radius 2 is 2.17 bits per heavy atom. The summed E-state index contributed by atoms with van der Waals surface area (Å²) in [5.41, 5.74) is 1.53. The molecule has 2 aromatic rings. The van der Waals surface area contributed by atoms with Crippen LogP contribution in [0, 0.1) is 0 Å². The maximum Gasteiger partial charge on any atom is 0.260 e. The zero-order chi connectivity index (χ0) is 17.3. The second-order valence-electron chi connectivity index (χ2n) is 5.58. The molecule has 9 nitrogen and oxygen atoms in total. The second-order valence-corrected chi connectivity index (χ2v) is 7.47. The van der Waals surface area contributed by atoms with Crippen molar-refractivity contribution < 1.29 is 13.2 Å². The molecular weight excluding hydrogens is 332 g/mol. The summed E-state index contributed by atoms with van der Waals surface area (Å²) in [5, 5.41) is 11.3. The molecule has 0 fully saturated rings. The van der Waals surface area contributed by atoms with Gasteiger partial charge in [-0.25, -0.2) is 8.42 Å². The van der Waals surface area contributed by atoms with Crippen molar-refractivity contribution >= 4 is 15.9 Å². The smallest absolute Gasteiger partial charge is 0.260 e. The van der Waals surface area contributed by atoms with Crippen molar-refractivity contribution in [1.29, 1.82) is 0 Å². The van der Waals surface area contributed by atoms with Crippen molar-refractivity contribution in [2.24, 2.45) is 0 Å². The molecule has 1 aliphatic heterocycles. The fourth-order valence-corrected chi connectivity index (χ4v) is 4.28. The third-order valence-electron chi connectivity index (χ3n) is 3.91. The molecule has 130 valence electrons. The number of rotatable bonds is 5. The van der Waals surface area contributed by atoms with Gasteiger partial charge in [0.2, 0.25) is 5.91 Å². The first-order chi connectivity index (χ1) is 11.4. The van der Waals surface area contributed by atoms with Crippen LogP contribution in [-0.2, 0) is 41.0 Å².